The van der Waals surface area contributed by atoms with Crippen molar-refractivity contribution in [3.8, 4) is 10.7 Å². The molecule has 1 aliphatic rings. The minimum absolute atomic E-state index is 0.119. The molecular weight excluding hydrogens is 331 g/mol. The van der Waals surface area contributed by atoms with E-state index in [0.29, 0.717) is 11.7 Å². The van der Waals surface area contributed by atoms with E-state index in [2.05, 4.69) is 10.1 Å². The van der Waals surface area contributed by atoms with E-state index < -0.39 is 11.8 Å². The summed E-state index contributed by atoms with van der Waals surface area (Å²) < 4.78 is 43.7. The van der Waals surface area contributed by atoms with Crippen LogP contribution in [0, 0.1) is 0 Å². The summed E-state index contributed by atoms with van der Waals surface area (Å²) in [5, 5.41) is 15.5. The molecule has 3 rings (SSSR count). The summed E-state index contributed by atoms with van der Waals surface area (Å²) in [4.78, 5) is 7.00. The van der Waals surface area contributed by atoms with Crippen LogP contribution in [0.1, 0.15) is 31.7 Å². The molecule has 9 heteroatoms. The van der Waals surface area contributed by atoms with Crippen molar-refractivity contribution < 1.29 is 22.8 Å². The van der Waals surface area contributed by atoms with Crippen LogP contribution in [0.4, 0.5) is 13.2 Å². The molecule has 23 heavy (non-hydrogen) atoms. The van der Waals surface area contributed by atoms with Gasteiger partial charge in [-0.1, -0.05) is 11.2 Å². The van der Waals surface area contributed by atoms with E-state index in [9.17, 15) is 18.3 Å². The van der Waals surface area contributed by atoms with Gasteiger partial charge in [-0.25, -0.2) is 0 Å². The molecule has 5 nitrogen and oxygen atoms in total. The summed E-state index contributed by atoms with van der Waals surface area (Å²) in [5.74, 6) is 0.844. The normalized spacial score (nSPS) is 20.6. The van der Waals surface area contributed by atoms with Crippen molar-refractivity contribution in [3.05, 3.63) is 23.4 Å². The van der Waals surface area contributed by atoms with Crippen LogP contribution in [0.25, 0.3) is 10.7 Å². The van der Waals surface area contributed by atoms with Crippen molar-refractivity contribution in [2.24, 2.45) is 0 Å². The van der Waals surface area contributed by atoms with Crippen molar-refractivity contribution in [1.82, 2.24) is 15.0 Å². The molecular formula is C14H16F3N3O2S. The summed E-state index contributed by atoms with van der Waals surface area (Å²) in [5.41, 5.74) is -2.60. The van der Waals surface area contributed by atoms with Crippen LogP contribution in [0.15, 0.2) is 22.0 Å². The minimum atomic E-state index is -4.60. The molecule has 2 aromatic heterocycles. The number of piperidine rings is 1. The van der Waals surface area contributed by atoms with Gasteiger partial charge in [-0.3, -0.25) is 4.90 Å². The van der Waals surface area contributed by atoms with Crippen molar-refractivity contribution in [2.75, 3.05) is 13.1 Å². The molecule has 126 valence electrons. The molecule has 0 spiro atoms. The number of likely N-dealkylation sites (tertiary alicyclic amines) is 1. The second-order valence-corrected chi connectivity index (χ2v) is 6.62. The van der Waals surface area contributed by atoms with Crippen molar-refractivity contribution in [2.45, 2.75) is 37.6 Å². The van der Waals surface area contributed by atoms with E-state index in [1.807, 2.05) is 29.3 Å². The number of aromatic nitrogens is 2. The van der Waals surface area contributed by atoms with E-state index in [4.69, 9.17) is 4.52 Å². The third-order valence-corrected chi connectivity index (χ3v) is 5.11. The molecule has 0 bridgehead atoms. The molecule has 0 radical (unpaired) electrons. The Balaban J connectivity index is 1.67. The maximum absolute atomic E-state index is 12.8. The van der Waals surface area contributed by atoms with Crippen LogP contribution in [0.2, 0.25) is 0 Å². The maximum Gasteiger partial charge on any atom is 0.417 e. The molecule has 1 fully saturated rings. The molecule has 2 aromatic rings. The summed E-state index contributed by atoms with van der Waals surface area (Å²) >= 11 is 1.48. The number of aliphatic hydroxyl groups is 1. The molecule has 1 N–H and O–H groups in total. The lowest BCUT2D eigenvalue weighted by atomic mass is 9.90. The van der Waals surface area contributed by atoms with Crippen LogP contribution < -0.4 is 0 Å². The van der Waals surface area contributed by atoms with Crippen LogP contribution in [0.5, 0.6) is 0 Å². The number of nitrogens with zero attached hydrogens (tertiary/aromatic N) is 3. The third kappa shape index (κ3) is 3.13. The number of hydrogen-bond acceptors (Lipinski definition) is 6. The molecule has 0 amide bonds. The Bertz CT molecular complexity index is 649. The minimum Gasteiger partial charge on any atom is -0.380 e. The molecule has 0 saturated carbocycles. The molecule has 0 aromatic carbocycles. The molecule has 1 unspecified atom stereocenters. The highest BCUT2D eigenvalue weighted by molar-refractivity contribution is 7.13. The number of halogens is 3. The summed E-state index contributed by atoms with van der Waals surface area (Å²) in [7, 11) is 0. The Morgan fingerprint density at radius 3 is 2.65 bits per heavy atom. The largest absolute Gasteiger partial charge is 0.417 e. The zero-order valence-corrected chi connectivity index (χ0v) is 13.2. The summed E-state index contributed by atoms with van der Waals surface area (Å²) in [6, 6.07) is 3.45. The molecule has 1 atom stereocenters. The fourth-order valence-corrected chi connectivity index (χ4v) is 3.28. The Kier molecular flexibility index (Phi) is 4.19. The fraction of sp³-hybridized carbons (Fsp3) is 0.571. The van der Waals surface area contributed by atoms with Crippen LogP contribution in [-0.2, 0) is 0 Å². The van der Waals surface area contributed by atoms with Crippen molar-refractivity contribution in [3.63, 3.8) is 0 Å². The Hall–Kier alpha value is -1.45. The SMILES string of the molecule is CC(c1nc(-c2cccs2)no1)N1CCC(O)(C(F)(F)F)CC1. The Morgan fingerprint density at radius 1 is 1.39 bits per heavy atom. The van der Waals surface area contributed by atoms with Gasteiger partial charge in [-0.05, 0) is 31.2 Å². The number of rotatable bonds is 3. The van der Waals surface area contributed by atoms with Crippen molar-refractivity contribution in [1.29, 1.82) is 0 Å². The first kappa shape index (κ1) is 16.4. The zero-order chi connectivity index (χ0) is 16.7. The predicted molar refractivity (Wildman–Crippen MR) is 77.8 cm³/mol. The molecule has 0 aliphatic carbocycles. The van der Waals surface area contributed by atoms with Gasteiger partial charge in [0.25, 0.3) is 0 Å². The van der Waals surface area contributed by atoms with Crippen LogP contribution >= 0.6 is 11.3 Å². The lowest BCUT2D eigenvalue weighted by Gasteiger charge is -2.40. The first-order valence-corrected chi connectivity index (χ1v) is 8.09. The Morgan fingerprint density at radius 2 is 2.09 bits per heavy atom. The highest BCUT2D eigenvalue weighted by atomic mass is 32.1. The number of alkyl halides is 3. The highest BCUT2D eigenvalue weighted by Crippen LogP contribution is 2.39. The topological polar surface area (TPSA) is 62.4 Å². The van der Waals surface area contributed by atoms with Gasteiger partial charge in [-0.2, -0.15) is 18.2 Å². The van der Waals surface area contributed by atoms with E-state index in [0.717, 1.165) is 4.88 Å². The van der Waals surface area contributed by atoms with Gasteiger partial charge < -0.3 is 9.63 Å². The van der Waals surface area contributed by atoms with Gasteiger partial charge in [0.2, 0.25) is 11.7 Å². The first-order chi connectivity index (χ1) is 10.8. The van der Waals surface area contributed by atoms with Gasteiger partial charge in [0.15, 0.2) is 5.60 Å². The summed E-state index contributed by atoms with van der Waals surface area (Å²) in [6.07, 6.45) is -5.31. The zero-order valence-electron chi connectivity index (χ0n) is 12.4. The Labute approximate surface area is 134 Å². The average molecular weight is 347 g/mol. The predicted octanol–water partition coefficient (Wildman–Crippen LogP) is 3.25. The van der Waals surface area contributed by atoms with Crippen LogP contribution in [-0.4, -0.2) is 45.0 Å². The first-order valence-electron chi connectivity index (χ1n) is 7.21. The van der Waals surface area contributed by atoms with Gasteiger partial charge in [-0.15, -0.1) is 11.3 Å². The quantitative estimate of drug-likeness (QED) is 0.923. The summed E-state index contributed by atoms with van der Waals surface area (Å²) in [6.45, 7) is 2.05. The van der Waals surface area contributed by atoms with Gasteiger partial charge >= 0.3 is 6.18 Å². The van der Waals surface area contributed by atoms with E-state index in [1.54, 1.807) is 0 Å². The van der Waals surface area contributed by atoms with E-state index in [-0.39, 0.29) is 32.0 Å². The smallest absolute Gasteiger partial charge is 0.380 e. The van der Waals surface area contributed by atoms with Gasteiger partial charge in [0, 0.05) is 13.1 Å². The molecule has 3 heterocycles. The average Bonchev–Trinajstić information content (AvgIpc) is 3.17. The fourth-order valence-electron chi connectivity index (χ4n) is 2.63. The lowest BCUT2D eigenvalue weighted by Crippen LogP contribution is -2.53. The van der Waals surface area contributed by atoms with Gasteiger partial charge in [0.05, 0.1) is 10.9 Å². The molecule has 1 saturated heterocycles. The second kappa shape index (κ2) is 5.88. The standard InChI is InChI=1S/C14H16F3N3O2S/c1-9(12-18-11(19-22-12)10-3-2-8-23-10)20-6-4-13(21,5-7-20)14(15,16)17/h2-3,8-9,21H,4-7H2,1H3. The maximum atomic E-state index is 12.8. The highest BCUT2D eigenvalue weighted by Gasteiger charge is 2.54. The van der Waals surface area contributed by atoms with Gasteiger partial charge in [0.1, 0.15) is 0 Å². The van der Waals surface area contributed by atoms with E-state index >= 15 is 0 Å². The monoisotopic (exact) mass is 347 g/mol. The second-order valence-electron chi connectivity index (χ2n) is 5.67. The molecule has 1 aliphatic heterocycles. The lowest BCUT2D eigenvalue weighted by molar-refractivity contribution is -0.273. The van der Waals surface area contributed by atoms with Crippen LogP contribution in [0.3, 0.4) is 0 Å². The number of hydrogen-bond donors (Lipinski definition) is 1. The van der Waals surface area contributed by atoms with E-state index in [1.165, 1.54) is 11.3 Å². The number of thiophene rings is 1. The third-order valence-electron chi connectivity index (χ3n) is 4.24. The van der Waals surface area contributed by atoms with Crippen molar-refractivity contribution >= 4 is 11.3 Å².